The maximum absolute atomic E-state index is 11.6. The Kier molecular flexibility index (Phi) is 5.49. The summed E-state index contributed by atoms with van der Waals surface area (Å²) in [6.07, 6.45) is 1.84. The van der Waals surface area contributed by atoms with Crippen molar-refractivity contribution in [3.05, 3.63) is 22.4 Å². The maximum atomic E-state index is 11.6. The van der Waals surface area contributed by atoms with Gasteiger partial charge in [0.1, 0.15) is 0 Å². The average Bonchev–Trinajstić information content (AvgIpc) is 2.82. The number of aliphatic hydroxyl groups excluding tert-OH is 1. The number of carbonyl (C=O) groups excluding carboxylic acids is 1. The quantitative estimate of drug-likeness (QED) is 0.780. The van der Waals surface area contributed by atoms with Gasteiger partial charge in [-0.05, 0) is 28.8 Å². The van der Waals surface area contributed by atoms with Crippen molar-refractivity contribution in [2.75, 3.05) is 7.11 Å². The molecule has 2 unspecified atom stereocenters. The zero-order valence-electron chi connectivity index (χ0n) is 9.68. The lowest BCUT2D eigenvalue weighted by Gasteiger charge is -2.19. The van der Waals surface area contributed by atoms with E-state index >= 15 is 0 Å². The van der Waals surface area contributed by atoms with E-state index < -0.39 is 12.0 Å². The molecule has 0 radical (unpaired) electrons. The number of carbonyl (C=O) groups is 1. The van der Waals surface area contributed by atoms with E-state index in [-0.39, 0.29) is 5.97 Å². The first-order chi connectivity index (χ1) is 7.70. The lowest BCUT2D eigenvalue weighted by molar-refractivity contribution is -0.150. The van der Waals surface area contributed by atoms with Crippen molar-refractivity contribution in [3.8, 4) is 0 Å². The average molecular weight is 242 g/mol. The van der Waals surface area contributed by atoms with Crippen LogP contribution in [-0.4, -0.2) is 18.2 Å². The van der Waals surface area contributed by atoms with Crippen LogP contribution in [0.5, 0.6) is 0 Å². The van der Waals surface area contributed by atoms with Crippen LogP contribution < -0.4 is 0 Å². The van der Waals surface area contributed by atoms with Crippen molar-refractivity contribution in [2.24, 2.45) is 5.92 Å². The van der Waals surface area contributed by atoms with Crippen molar-refractivity contribution in [1.82, 2.24) is 0 Å². The summed E-state index contributed by atoms with van der Waals surface area (Å²) in [5.74, 6) is -0.772. The first-order valence-electron chi connectivity index (χ1n) is 5.48. The van der Waals surface area contributed by atoms with E-state index in [0.29, 0.717) is 6.42 Å². The Balaban J connectivity index is 2.71. The maximum Gasteiger partial charge on any atom is 0.311 e. The Morgan fingerprint density at radius 3 is 2.88 bits per heavy atom. The number of ether oxygens (including phenoxy) is 1. The minimum absolute atomic E-state index is 0.327. The van der Waals surface area contributed by atoms with Gasteiger partial charge in [0, 0.05) is 0 Å². The Morgan fingerprint density at radius 1 is 1.62 bits per heavy atom. The van der Waals surface area contributed by atoms with E-state index in [1.54, 1.807) is 0 Å². The molecule has 0 aliphatic carbocycles. The molecule has 0 aliphatic rings. The van der Waals surface area contributed by atoms with E-state index in [4.69, 9.17) is 4.74 Å². The summed E-state index contributed by atoms with van der Waals surface area (Å²) in [7, 11) is 1.36. The first kappa shape index (κ1) is 13.2. The minimum Gasteiger partial charge on any atom is -0.469 e. The van der Waals surface area contributed by atoms with Crippen LogP contribution in [0, 0.1) is 5.92 Å². The Hall–Kier alpha value is -0.870. The molecule has 0 fully saturated rings. The molecule has 1 aromatic heterocycles. The Labute approximate surface area is 100 Å². The summed E-state index contributed by atoms with van der Waals surface area (Å²) >= 11 is 1.52. The van der Waals surface area contributed by atoms with Gasteiger partial charge in [0.05, 0.1) is 19.1 Å². The first-order valence-corrected chi connectivity index (χ1v) is 6.43. The van der Waals surface area contributed by atoms with Gasteiger partial charge in [0.2, 0.25) is 0 Å². The highest BCUT2D eigenvalue weighted by Gasteiger charge is 2.28. The number of hydrogen-bond acceptors (Lipinski definition) is 4. The molecule has 3 nitrogen and oxygen atoms in total. The predicted molar refractivity (Wildman–Crippen MR) is 64.3 cm³/mol. The summed E-state index contributed by atoms with van der Waals surface area (Å²) in [5, 5.41) is 13.9. The van der Waals surface area contributed by atoms with Crippen LogP contribution in [0.2, 0.25) is 0 Å². The smallest absolute Gasteiger partial charge is 0.311 e. The number of hydrogen-bond donors (Lipinski definition) is 1. The van der Waals surface area contributed by atoms with Crippen molar-refractivity contribution in [3.63, 3.8) is 0 Å². The molecular weight excluding hydrogens is 224 g/mol. The molecule has 4 heteroatoms. The monoisotopic (exact) mass is 242 g/mol. The number of esters is 1. The lowest BCUT2D eigenvalue weighted by atomic mass is 9.92. The standard InChI is InChI=1S/C12H18O3S/c1-3-4-5-10(12(14)15-2)11(13)9-6-7-16-8-9/h6-8,10-11,13H,3-5H2,1-2H3. The SMILES string of the molecule is CCCCC(C(=O)OC)C(O)c1ccsc1. The second kappa shape index (κ2) is 6.66. The fourth-order valence-corrected chi connectivity index (χ4v) is 2.35. The number of methoxy groups -OCH3 is 1. The van der Waals surface area contributed by atoms with E-state index in [9.17, 15) is 9.90 Å². The second-order valence-corrected chi connectivity index (χ2v) is 4.55. The van der Waals surface area contributed by atoms with Crippen molar-refractivity contribution in [1.29, 1.82) is 0 Å². The number of unbranched alkanes of at least 4 members (excludes halogenated alkanes) is 1. The normalized spacial score (nSPS) is 14.4. The van der Waals surface area contributed by atoms with Gasteiger partial charge < -0.3 is 9.84 Å². The third-order valence-corrected chi connectivity index (χ3v) is 3.34. The van der Waals surface area contributed by atoms with E-state index in [0.717, 1.165) is 18.4 Å². The summed E-state index contributed by atoms with van der Waals surface area (Å²) < 4.78 is 4.73. The number of aliphatic hydroxyl groups is 1. The molecule has 0 saturated carbocycles. The third kappa shape index (κ3) is 3.32. The molecule has 1 N–H and O–H groups in total. The van der Waals surface area contributed by atoms with Crippen LogP contribution in [0.3, 0.4) is 0 Å². The van der Waals surface area contributed by atoms with Crippen LogP contribution in [0.25, 0.3) is 0 Å². The highest BCUT2D eigenvalue weighted by Crippen LogP contribution is 2.28. The van der Waals surface area contributed by atoms with Gasteiger partial charge >= 0.3 is 5.97 Å². The summed E-state index contributed by atoms with van der Waals surface area (Å²) in [6, 6.07) is 1.84. The molecular formula is C12H18O3S. The van der Waals surface area contributed by atoms with Crippen LogP contribution >= 0.6 is 11.3 Å². The van der Waals surface area contributed by atoms with E-state index in [1.165, 1.54) is 18.4 Å². The fraction of sp³-hybridized carbons (Fsp3) is 0.583. The van der Waals surface area contributed by atoms with Crippen molar-refractivity contribution in [2.45, 2.75) is 32.3 Å². The molecule has 0 bridgehead atoms. The molecule has 1 aromatic rings. The van der Waals surface area contributed by atoms with Gasteiger partial charge in [-0.15, -0.1) is 0 Å². The molecule has 1 heterocycles. The molecule has 0 aromatic carbocycles. The molecule has 16 heavy (non-hydrogen) atoms. The topological polar surface area (TPSA) is 46.5 Å². The second-order valence-electron chi connectivity index (χ2n) is 3.77. The van der Waals surface area contributed by atoms with Crippen LogP contribution in [0.1, 0.15) is 37.9 Å². The predicted octanol–water partition coefficient (Wildman–Crippen LogP) is 2.76. The van der Waals surface area contributed by atoms with Gasteiger partial charge in [0.25, 0.3) is 0 Å². The third-order valence-electron chi connectivity index (χ3n) is 2.64. The van der Waals surface area contributed by atoms with Crippen molar-refractivity contribution >= 4 is 17.3 Å². The van der Waals surface area contributed by atoms with Crippen LogP contribution in [0.15, 0.2) is 16.8 Å². The molecule has 90 valence electrons. The van der Waals surface area contributed by atoms with E-state index in [2.05, 4.69) is 6.92 Å². The largest absolute Gasteiger partial charge is 0.469 e. The lowest BCUT2D eigenvalue weighted by Crippen LogP contribution is -2.23. The summed E-state index contributed by atoms with van der Waals surface area (Å²) in [6.45, 7) is 2.06. The summed E-state index contributed by atoms with van der Waals surface area (Å²) in [5.41, 5.74) is 0.802. The van der Waals surface area contributed by atoms with Crippen molar-refractivity contribution < 1.29 is 14.6 Å². The molecule has 1 rings (SSSR count). The van der Waals surface area contributed by atoms with Gasteiger partial charge in [-0.3, -0.25) is 4.79 Å². The molecule has 0 amide bonds. The molecule has 0 saturated heterocycles. The Morgan fingerprint density at radius 2 is 2.38 bits per heavy atom. The van der Waals surface area contributed by atoms with Crippen LogP contribution in [-0.2, 0) is 9.53 Å². The van der Waals surface area contributed by atoms with E-state index in [1.807, 2.05) is 16.8 Å². The highest BCUT2D eigenvalue weighted by atomic mass is 32.1. The summed E-state index contributed by atoms with van der Waals surface area (Å²) in [4.78, 5) is 11.6. The Bertz CT molecular complexity index is 308. The van der Waals surface area contributed by atoms with Gasteiger partial charge in [-0.25, -0.2) is 0 Å². The molecule has 0 aliphatic heterocycles. The van der Waals surface area contributed by atoms with Gasteiger partial charge in [0.15, 0.2) is 0 Å². The van der Waals surface area contributed by atoms with Gasteiger partial charge in [-0.2, -0.15) is 11.3 Å². The highest BCUT2D eigenvalue weighted by molar-refractivity contribution is 7.07. The fourth-order valence-electron chi connectivity index (χ4n) is 1.66. The molecule has 0 spiro atoms. The zero-order valence-corrected chi connectivity index (χ0v) is 10.5. The zero-order chi connectivity index (χ0) is 12.0. The number of thiophene rings is 1. The minimum atomic E-state index is -0.745. The van der Waals surface area contributed by atoms with Crippen LogP contribution in [0.4, 0.5) is 0 Å². The van der Waals surface area contributed by atoms with Gasteiger partial charge in [-0.1, -0.05) is 19.8 Å². The number of rotatable bonds is 6. The molecule has 2 atom stereocenters.